The molecule has 5 heteroatoms. The summed E-state index contributed by atoms with van der Waals surface area (Å²) in [6.07, 6.45) is 3.98. The summed E-state index contributed by atoms with van der Waals surface area (Å²) in [4.78, 5) is 14.0. The molecule has 3 N–H and O–H groups in total. The van der Waals surface area contributed by atoms with Crippen LogP contribution in [0.5, 0.6) is 0 Å². The van der Waals surface area contributed by atoms with E-state index in [0.717, 1.165) is 25.4 Å². The minimum atomic E-state index is -0.468. The van der Waals surface area contributed by atoms with Crippen molar-refractivity contribution in [1.82, 2.24) is 4.90 Å². The first-order valence-corrected chi connectivity index (χ1v) is 7.08. The number of hydrogen-bond acceptors (Lipinski definition) is 3. The molecular formula is C15H22FN3O. The molecule has 1 aliphatic carbocycles. The monoisotopic (exact) mass is 279 g/mol. The van der Waals surface area contributed by atoms with E-state index in [0.29, 0.717) is 12.1 Å². The number of benzene rings is 1. The highest BCUT2D eigenvalue weighted by atomic mass is 19.1. The van der Waals surface area contributed by atoms with Gasteiger partial charge in [-0.2, -0.15) is 0 Å². The lowest BCUT2D eigenvalue weighted by atomic mass is 10.2. The van der Waals surface area contributed by atoms with Crippen LogP contribution < -0.4 is 11.1 Å². The largest absolute Gasteiger partial charge is 0.396 e. The Morgan fingerprint density at radius 2 is 2.25 bits per heavy atom. The molecule has 1 aromatic rings. The van der Waals surface area contributed by atoms with Gasteiger partial charge in [-0.1, -0.05) is 0 Å². The minimum Gasteiger partial charge on any atom is -0.396 e. The lowest BCUT2D eigenvalue weighted by Gasteiger charge is -2.15. The van der Waals surface area contributed by atoms with Gasteiger partial charge in [0.25, 0.3) is 0 Å². The van der Waals surface area contributed by atoms with Crippen molar-refractivity contribution in [1.29, 1.82) is 0 Å². The zero-order valence-corrected chi connectivity index (χ0v) is 11.9. The molecule has 20 heavy (non-hydrogen) atoms. The van der Waals surface area contributed by atoms with Crippen LogP contribution >= 0.6 is 0 Å². The minimum absolute atomic E-state index is 0.0481. The van der Waals surface area contributed by atoms with E-state index in [1.165, 1.54) is 31.0 Å². The summed E-state index contributed by atoms with van der Waals surface area (Å²) in [5.74, 6) is 0.344. The maximum atomic E-state index is 13.0. The first kappa shape index (κ1) is 14.8. The van der Waals surface area contributed by atoms with Crippen LogP contribution in [0.1, 0.15) is 25.7 Å². The van der Waals surface area contributed by atoms with Crippen LogP contribution in [0.25, 0.3) is 0 Å². The van der Waals surface area contributed by atoms with Gasteiger partial charge in [-0.3, -0.25) is 4.79 Å². The fourth-order valence-corrected chi connectivity index (χ4v) is 2.19. The molecule has 0 radical (unpaired) electrons. The van der Waals surface area contributed by atoms with Crippen molar-refractivity contribution < 1.29 is 9.18 Å². The molecule has 0 heterocycles. The molecule has 0 aliphatic heterocycles. The predicted molar refractivity (Wildman–Crippen MR) is 78.9 cm³/mol. The Kier molecular flexibility index (Phi) is 4.95. The van der Waals surface area contributed by atoms with E-state index in [1.807, 2.05) is 0 Å². The lowest BCUT2D eigenvalue weighted by molar-refractivity contribution is -0.116. The van der Waals surface area contributed by atoms with Gasteiger partial charge in [-0.25, -0.2) is 4.39 Å². The van der Waals surface area contributed by atoms with Gasteiger partial charge >= 0.3 is 0 Å². The Hall–Kier alpha value is -1.62. The number of nitrogens with zero attached hydrogens (tertiary/aromatic N) is 1. The molecule has 1 aliphatic rings. The Bertz CT molecular complexity index is 474. The number of nitrogens with two attached hydrogens (primary N) is 1. The van der Waals surface area contributed by atoms with Gasteiger partial charge in [-0.05, 0) is 57.0 Å². The lowest BCUT2D eigenvalue weighted by Crippen LogP contribution is -2.23. The molecule has 1 amide bonds. The summed E-state index contributed by atoms with van der Waals surface area (Å²) in [5.41, 5.74) is 6.05. The zero-order valence-electron chi connectivity index (χ0n) is 11.9. The summed E-state index contributed by atoms with van der Waals surface area (Å²) < 4.78 is 13.0. The van der Waals surface area contributed by atoms with Crippen LogP contribution in [0, 0.1) is 11.7 Å². The standard InChI is InChI=1S/C15H22FN3O/c1-19(10-11-4-5-11)8-2-3-15(20)18-12-6-7-13(16)14(17)9-12/h6-7,9,11H,2-5,8,10,17H2,1H3,(H,18,20). The van der Waals surface area contributed by atoms with Gasteiger partial charge in [-0.15, -0.1) is 0 Å². The van der Waals surface area contributed by atoms with Crippen molar-refractivity contribution in [3.63, 3.8) is 0 Å². The highest BCUT2D eigenvalue weighted by Gasteiger charge is 2.22. The highest BCUT2D eigenvalue weighted by Crippen LogP contribution is 2.29. The van der Waals surface area contributed by atoms with Crippen LogP contribution in [0.2, 0.25) is 0 Å². The summed E-state index contributed by atoms with van der Waals surface area (Å²) in [5, 5.41) is 2.73. The molecule has 1 saturated carbocycles. The van der Waals surface area contributed by atoms with Crippen molar-refractivity contribution in [2.45, 2.75) is 25.7 Å². The fraction of sp³-hybridized carbons (Fsp3) is 0.533. The Balaban J connectivity index is 1.67. The normalized spacial score (nSPS) is 14.6. The molecule has 0 spiro atoms. The Morgan fingerprint density at radius 1 is 1.50 bits per heavy atom. The van der Waals surface area contributed by atoms with Crippen molar-refractivity contribution in [3.05, 3.63) is 24.0 Å². The van der Waals surface area contributed by atoms with Crippen LogP contribution in [0.15, 0.2) is 18.2 Å². The SMILES string of the molecule is CN(CCCC(=O)Nc1ccc(F)c(N)c1)CC1CC1. The van der Waals surface area contributed by atoms with Gasteiger partial charge in [0.05, 0.1) is 5.69 Å². The zero-order chi connectivity index (χ0) is 14.5. The molecule has 0 atom stereocenters. The number of amides is 1. The van der Waals surface area contributed by atoms with E-state index in [1.54, 1.807) is 0 Å². The van der Waals surface area contributed by atoms with Crippen LogP contribution in [0.4, 0.5) is 15.8 Å². The van der Waals surface area contributed by atoms with E-state index >= 15 is 0 Å². The number of nitrogens with one attached hydrogen (secondary N) is 1. The summed E-state index contributed by atoms with van der Waals surface area (Å²) in [6.45, 7) is 2.06. The molecule has 0 aromatic heterocycles. The molecule has 0 saturated heterocycles. The van der Waals surface area contributed by atoms with Gasteiger partial charge in [0.1, 0.15) is 5.82 Å². The van der Waals surface area contributed by atoms with Gasteiger partial charge < -0.3 is 16.0 Å². The third-order valence-corrected chi connectivity index (χ3v) is 3.49. The van der Waals surface area contributed by atoms with Crippen LogP contribution in [0.3, 0.4) is 0 Å². The summed E-state index contributed by atoms with van der Waals surface area (Å²) in [6, 6.07) is 4.21. The molecule has 4 nitrogen and oxygen atoms in total. The maximum absolute atomic E-state index is 13.0. The Morgan fingerprint density at radius 3 is 2.90 bits per heavy atom. The molecular weight excluding hydrogens is 257 g/mol. The van der Waals surface area contributed by atoms with E-state index in [9.17, 15) is 9.18 Å². The number of halogens is 1. The smallest absolute Gasteiger partial charge is 0.224 e. The van der Waals surface area contributed by atoms with E-state index in [4.69, 9.17) is 5.73 Å². The van der Waals surface area contributed by atoms with Crippen molar-refractivity contribution in [2.75, 3.05) is 31.2 Å². The average molecular weight is 279 g/mol. The number of nitrogen functional groups attached to an aromatic ring is 1. The van der Waals surface area contributed by atoms with Crippen LogP contribution in [-0.2, 0) is 4.79 Å². The predicted octanol–water partition coefficient (Wildman–Crippen LogP) is 2.47. The highest BCUT2D eigenvalue weighted by molar-refractivity contribution is 5.91. The number of rotatable bonds is 7. The maximum Gasteiger partial charge on any atom is 0.224 e. The Labute approximate surface area is 119 Å². The number of carbonyl (C=O) groups is 1. The molecule has 1 aromatic carbocycles. The molecule has 0 bridgehead atoms. The summed E-state index contributed by atoms with van der Waals surface area (Å²) >= 11 is 0. The number of hydrogen-bond donors (Lipinski definition) is 2. The topological polar surface area (TPSA) is 58.4 Å². The van der Waals surface area contributed by atoms with Crippen molar-refractivity contribution in [3.8, 4) is 0 Å². The van der Waals surface area contributed by atoms with Crippen LogP contribution in [-0.4, -0.2) is 30.9 Å². The number of carbonyl (C=O) groups excluding carboxylic acids is 1. The van der Waals surface area contributed by atoms with E-state index in [2.05, 4.69) is 17.3 Å². The molecule has 2 rings (SSSR count). The van der Waals surface area contributed by atoms with E-state index < -0.39 is 5.82 Å². The molecule has 110 valence electrons. The second-order valence-corrected chi connectivity index (χ2v) is 5.59. The first-order chi connectivity index (χ1) is 9.54. The van der Waals surface area contributed by atoms with Gasteiger partial charge in [0, 0.05) is 18.7 Å². The van der Waals surface area contributed by atoms with Gasteiger partial charge in [0.15, 0.2) is 0 Å². The van der Waals surface area contributed by atoms with Gasteiger partial charge in [0.2, 0.25) is 5.91 Å². The second-order valence-electron chi connectivity index (χ2n) is 5.59. The average Bonchev–Trinajstić information content (AvgIpc) is 3.17. The molecule has 0 unspecified atom stereocenters. The van der Waals surface area contributed by atoms with E-state index in [-0.39, 0.29) is 11.6 Å². The fourth-order valence-electron chi connectivity index (χ4n) is 2.19. The van der Waals surface area contributed by atoms with Crippen molar-refractivity contribution >= 4 is 17.3 Å². The molecule has 1 fully saturated rings. The first-order valence-electron chi connectivity index (χ1n) is 7.08. The van der Waals surface area contributed by atoms with Crippen molar-refractivity contribution in [2.24, 2.45) is 5.92 Å². The third kappa shape index (κ3) is 4.81. The quantitative estimate of drug-likeness (QED) is 0.754. The third-order valence-electron chi connectivity index (χ3n) is 3.49. The summed E-state index contributed by atoms with van der Waals surface area (Å²) in [7, 11) is 2.09. The second kappa shape index (κ2) is 6.70. The number of anilines is 2.